The maximum absolute atomic E-state index is 12.7. The highest BCUT2D eigenvalue weighted by atomic mass is 16.5. The van der Waals surface area contributed by atoms with Crippen molar-refractivity contribution < 1.29 is 14.3 Å². The molecule has 1 aliphatic rings. The second-order valence-corrected chi connectivity index (χ2v) is 7.26. The summed E-state index contributed by atoms with van der Waals surface area (Å²) in [7, 11) is 1.90. The highest BCUT2D eigenvalue weighted by Gasteiger charge is 2.25. The van der Waals surface area contributed by atoms with Crippen molar-refractivity contribution in [1.29, 1.82) is 0 Å². The molecule has 2 N–H and O–H groups in total. The van der Waals surface area contributed by atoms with Gasteiger partial charge in [-0.2, -0.15) is 0 Å². The van der Waals surface area contributed by atoms with Crippen LogP contribution in [-0.2, 0) is 7.05 Å². The Hall–Kier alpha value is -3.03. The van der Waals surface area contributed by atoms with E-state index in [4.69, 9.17) is 4.74 Å². The van der Waals surface area contributed by atoms with Crippen LogP contribution < -0.4 is 15.4 Å². The number of carbonyl (C=O) groups excluding carboxylic acids is 2. The molecule has 156 valence electrons. The standard InChI is InChI=1S/C21H29N5O3/c1-4-29-18-7-5-16(6-8-18)20(27)26-12-9-17(10-13-26)24-21(28)23-15(2)19-22-11-14-25(19)3/h5-8,11,14-15,17H,4,9-10,12-13H2,1-3H3,(H2,23,24,28). The van der Waals surface area contributed by atoms with Gasteiger partial charge in [-0.05, 0) is 51.0 Å². The van der Waals surface area contributed by atoms with Gasteiger partial charge in [0, 0.05) is 44.1 Å². The predicted molar refractivity (Wildman–Crippen MR) is 110 cm³/mol. The number of aromatic nitrogens is 2. The number of nitrogens with zero attached hydrogens (tertiary/aromatic N) is 3. The van der Waals surface area contributed by atoms with E-state index in [9.17, 15) is 9.59 Å². The van der Waals surface area contributed by atoms with E-state index >= 15 is 0 Å². The molecule has 2 aromatic rings. The number of hydrogen-bond acceptors (Lipinski definition) is 4. The molecule has 29 heavy (non-hydrogen) atoms. The summed E-state index contributed by atoms with van der Waals surface area (Å²) in [5.41, 5.74) is 0.654. The van der Waals surface area contributed by atoms with Crippen LogP contribution in [0, 0.1) is 0 Å². The van der Waals surface area contributed by atoms with E-state index in [0.29, 0.717) is 25.3 Å². The van der Waals surface area contributed by atoms with E-state index in [1.807, 2.05) is 48.7 Å². The second-order valence-electron chi connectivity index (χ2n) is 7.26. The van der Waals surface area contributed by atoms with Gasteiger partial charge in [0.05, 0.1) is 12.6 Å². The molecular weight excluding hydrogens is 370 g/mol. The molecule has 1 saturated heterocycles. The number of benzene rings is 1. The SMILES string of the molecule is CCOc1ccc(C(=O)N2CCC(NC(=O)NC(C)c3nccn3C)CC2)cc1. The van der Waals surface area contributed by atoms with Gasteiger partial charge in [-0.1, -0.05) is 0 Å². The van der Waals surface area contributed by atoms with Gasteiger partial charge in [0.25, 0.3) is 5.91 Å². The van der Waals surface area contributed by atoms with Crippen LogP contribution in [0.5, 0.6) is 5.75 Å². The number of nitrogens with one attached hydrogen (secondary N) is 2. The van der Waals surface area contributed by atoms with Gasteiger partial charge in [-0.15, -0.1) is 0 Å². The highest BCUT2D eigenvalue weighted by molar-refractivity contribution is 5.94. The first-order valence-corrected chi connectivity index (χ1v) is 10.0. The van der Waals surface area contributed by atoms with Gasteiger partial charge in [-0.3, -0.25) is 4.79 Å². The van der Waals surface area contributed by atoms with E-state index in [0.717, 1.165) is 24.4 Å². The minimum Gasteiger partial charge on any atom is -0.494 e. The van der Waals surface area contributed by atoms with Gasteiger partial charge in [-0.25, -0.2) is 9.78 Å². The van der Waals surface area contributed by atoms with E-state index in [-0.39, 0.29) is 24.0 Å². The maximum Gasteiger partial charge on any atom is 0.315 e. The fraction of sp³-hybridized carbons (Fsp3) is 0.476. The third-order valence-corrected chi connectivity index (χ3v) is 5.12. The Morgan fingerprint density at radius 3 is 2.52 bits per heavy atom. The van der Waals surface area contributed by atoms with Gasteiger partial charge >= 0.3 is 6.03 Å². The topological polar surface area (TPSA) is 88.5 Å². The van der Waals surface area contributed by atoms with Crippen LogP contribution in [0.3, 0.4) is 0 Å². The molecule has 3 amide bonds. The smallest absolute Gasteiger partial charge is 0.315 e. The van der Waals surface area contributed by atoms with Crippen molar-refractivity contribution in [2.45, 2.75) is 38.8 Å². The zero-order valence-corrected chi connectivity index (χ0v) is 17.2. The highest BCUT2D eigenvalue weighted by Crippen LogP contribution is 2.17. The molecular formula is C21H29N5O3. The monoisotopic (exact) mass is 399 g/mol. The number of hydrogen-bond donors (Lipinski definition) is 2. The average molecular weight is 399 g/mol. The summed E-state index contributed by atoms with van der Waals surface area (Å²) in [4.78, 5) is 31.1. The molecule has 0 aliphatic carbocycles. The fourth-order valence-electron chi connectivity index (χ4n) is 3.55. The van der Waals surface area contributed by atoms with Crippen LogP contribution in [0.2, 0.25) is 0 Å². The third-order valence-electron chi connectivity index (χ3n) is 5.12. The lowest BCUT2D eigenvalue weighted by Crippen LogP contribution is -2.49. The Morgan fingerprint density at radius 2 is 1.93 bits per heavy atom. The van der Waals surface area contributed by atoms with E-state index < -0.39 is 0 Å². The van der Waals surface area contributed by atoms with Crippen molar-refractivity contribution in [2.24, 2.45) is 7.05 Å². The number of imidazole rings is 1. The first-order valence-electron chi connectivity index (χ1n) is 10.0. The van der Waals surface area contributed by atoms with Crippen molar-refractivity contribution in [2.75, 3.05) is 19.7 Å². The molecule has 8 nitrogen and oxygen atoms in total. The Balaban J connectivity index is 1.45. The normalized spacial score (nSPS) is 15.6. The van der Waals surface area contributed by atoms with Crippen LogP contribution in [0.25, 0.3) is 0 Å². The Labute approximate surface area is 171 Å². The molecule has 0 spiro atoms. The molecule has 0 saturated carbocycles. The molecule has 1 fully saturated rings. The predicted octanol–water partition coefficient (Wildman–Crippen LogP) is 2.48. The van der Waals surface area contributed by atoms with Crippen LogP contribution >= 0.6 is 0 Å². The van der Waals surface area contributed by atoms with Crippen molar-refractivity contribution >= 4 is 11.9 Å². The number of urea groups is 1. The lowest BCUT2D eigenvalue weighted by Gasteiger charge is -2.32. The van der Waals surface area contributed by atoms with E-state index in [1.165, 1.54) is 0 Å². The summed E-state index contributed by atoms with van der Waals surface area (Å²) in [6.45, 7) is 5.66. The zero-order chi connectivity index (χ0) is 20.8. The molecule has 1 atom stereocenters. The largest absolute Gasteiger partial charge is 0.494 e. The van der Waals surface area contributed by atoms with Crippen LogP contribution in [0.4, 0.5) is 4.79 Å². The first kappa shape index (κ1) is 20.7. The molecule has 2 heterocycles. The summed E-state index contributed by atoms with van der Waals surface area (Å²) in [6, 6.07) is 6.88. The van der Waals surface area contributed by atoms with Crippen LogP contribution in [0.1, 0.15) is 48.9 Å². The number of aryl methyl sites for hydroxylation is 1. The van der Waals surface area contributed by atoms with Gasteiger partial charge < -0.3 is 24.8 Å². The lowest BCUT2D eigenvalue weighted by molar-refractivity contribution is 0.0708. The molecule has 0 bridgehead atoms. The second kappa shape index (κ2) is 9.45. The molecule has 1 aromatic carbocycles. The summed E-state index contributed by atoms with van der Waals surface area (Å²) in [5.74, 6) is 1.58. The van der Waals surface area contributed by atoms with Gasteiger partial charge in [0.15, 0.2) is 0 Å². The van der Waals surface area contributed by atoms with E-state index in [1.54, 1.807) is 18.3 Å². The van der Waals surface area contributed by atoms with E-state index in [2.05, 4.69) is 15.6 Å². The Morgan fingerprint density at radius 1 is 1.24 bits per heavy atom. The maximum atomic E-state index is 12.7. The number of carbonyl (C=O) groups is 2. The quantitative estimate of drug-likeness (QED) is 0.781. The summed E-state index contributed by atoms with van der Waals surface area (Å²) in [5, 5.41) is 5.93. The number of piperidine rings is 1. The van der Waals surface area contributed by atoms with Crippen molar-refractivity contribution in [3.05, 3.63) is 48.0 Å². The zero-order valence-electron chi connectivity index (χ0n) is 17.2. The summed E-state index contributed by atoms with van der Waals surface area (Å²) < 4.78 is 7.30. The van der Waals surface area contributed by atoms with Crippen molar-refractivity contribution in [3.63, 3.8) is 0 Å². The van der Waals surface area contributed by atoms with Gasteiger partial charge in [0.1, 0.15) is 11.6 Å². The molecule has 8 heteroatoms. The van der Waals surface area contributed by atoms with Crippen LogP contribution in [-0.4, -0.2) is 52.1 Å². The minimum absolute atomic E-state index is 0.0133. The Kier molecular flexibility index (Phi) is 6.74. The average Bonchev–Trinajstić information content (AvgIpc) is 3.15. The molecule has 1 aliphatic heterocycles. The minimum atomic E-state index is -0.211. The van der Waals surface area contributed by atoms with Crippen molar-refractivity contribution in [3.8, 4) is 5.75 Å². The summed E-state index contributed by atoms with van der Waals surface area (Å²) in [6.07, 6.45) is 5.02. The molecule has 1 unspecified atom stereocenters. The van der Waals surface area contributed by atoms with Gasteiger partial charge in [0.2, 0.25) is 0 Å². The Bertz CT molecular complexity index is 825. The molecule has 1 aromatic heterocycles. The number of amides is 3. The summed E-state index contributed by atoms with van der Waals surface area (Å²) >= 11 is 0. The number of likely N-dealkylation sites (tertiary alicyclic amines) is 1. The molecule has 0 radical (unpaired) electrons. The van der Waals surface area contributed by atoms with Crippen LogP contribution in [0.15, 0.2) is 36.7 Å². The third kappa shape index (κ3) is 5.28. The lowest BCUT2D eigenvalue weighted by atomic mass is 10.0. The number of ether oxygens (including phenoxy) is 1. The fourth-order valence-corrected chi connectivity index (χ4v) is 3.55. The van der Waals surface area contributed by atoms with Crippen molar-refractivity contribution in [1.82, 2.24) is 25.1 Å². The molecule has 3 rings (SSSR count). The number of rotatable bonds is 6. The first-order chi connectivity index (χ1) is 14.0.